The van der Waals surface area contributed by atoms with Crippen LogP contribution in [0.25, 0.3) is 5.69 Å². The summed E-state index contributed by atoms with van der Waals surface area (Å²) in [6, 6.07) is 8.04. The molecule has 0 atom stereocenters. The Balaban J connectivity index is 1.77. The zero-order valence-corrected chi connectivity index (χ0v) is 10.0. The molecule has 0 fully saturated rings. The van der Waals surface area contributed by atoms with E-state index in [4.69, 9.17) is 0 Å². The molecule has 2 aromatic heterocycles. The number of carbonyl (C=O) groups excluding carboxylic acids is 1. The van der Waals surface area contributed by atoms with Crippen molar-refractivity contribution in [1.82, 2.24) is 24.5 Å². The standard InChI is InChI=1S/C13H11N5O/c19-9-12-8-18(16-15-12)7-11-1-3-13(4-2-11)17-6-5-14-10-17/h1-6,8-10H,7H2. The topological polar surface area (TPSA) is 65.6 Å². The first kappa shape index (κ1) is 11.3. The van der Waals surface area contributed by atoms with Crippen LogP contribution in [-0.2, 0) is 6.54 Å². The number of rotatable bonds is 4. The van der Waals surface area contributed by atoms with Gasteiger partial charge in [-0.25, -0.2) is 9.67 Å². The molecule has 0 amide bonds. The molecule has 0 spiro atoms. The zero-order chi connectivity index (χ0) is 13.1. The predicted octanol–water partition coefficient (Wildman–Crippen LogP) is 1.32. The highest BCUT2D eigenvalue weighted by Crippen LogP contribution is 2.10. The summed E-state index contributed by atoms with van der Waals surface area (Å²) in [5.74, 6) is 0. The molecular formula is C13H11N5O. The maximum atomic E-state index is 10.5. The first-order valence-corrected chi connectivity index (χ1v) is 5.78. The van der Waals surface area contributed by atoms with Gasteiger partial charge in [-0.3, -0.25) is 4.79 Å². The fraction of sp³-hybridized carbons (Fsp3) is 0.0769. The van der Waals surface area contributed by atoms with E-state index >= 15 is 0 Å². The van der Waals surface area contributed by atoms with Gasteiger partial charge in [-0.2, -0.15) is 0 Å². The van der Waals surface area contributed by atoms with Gasteiger partial charge in [-0.15, -0.1) is 5.10 Å². The number of carbonyl (C=O) groups is 1. The number of benzene rings is 1. The molecule has 2 heterocycles. The van der Waals surface area contributed by atoms with Gasteiger partial charge >= 0.3 is 0 Å². The summed E-state index contributed by atoms with van der Waals surface area (Å²) in [5, 5.41) is 7.60. The van der Waals surface area contributed by atoms with Crippen molar-refractivity contribution in [3.05, 3.63) is 60.4 Å². The fourth-order valence-corrected chi connectivity index (χ4v) is 1.82. The molecule has 0 aliphatic rings. The number of hydrogen-bond donors (Lipinski definition) is 0. The van der Waals surface area contributed by atoms with Gasteiger partial charge < -0.3 is 4.57 Å². The minimum absolute atomic E-state index is 0.343. The highest BCUT2D eigenvalue weighted by Gasteiger charge is 2.01. The third-order valence-corrected chi connectivity index (χ3v) is 2.76. The van der Waals surface area contributed by atoms with Crippen LogP contribution in [0.2, 0.25) is 0 Å². The average Bonchev–Trinajstić information content (AvgIpc) is 3.10. The molecule has 0 N–H and O–H groups in total. The molecule has 0 unspecified atom stereocenters. The SMILES string of the molecule is O=Cc1cn(Cc2ccc(-n3ccnc3)cc2)nn1. The molecule has 19 heavy (non-hydrogen) atoms. The molecule has 6 nitrogen and oxygen atoms in total. The summed E-state index contributed by atoms with van der Waals surface area (Å²) in [4.78, 5) is 14.5. The monoisotopic (exact) mass is 253 g/mol. The second-order valence-electron chi connectivity index (χ2n) is 4.10. The number of nitrogens with zero attached hydrogens (tertiary/aromatic N) is 5. The van der Waals surface area contributed by atoms with Crippen LogP contribution >= 0.6 is 0 Å². The lowest BCUT2D eigenvalue weighted by molar-refractivity contribution is 0.111. The Bertz CT molecular complexity index is 669. The lowest BCUT2D eigenvalue weighted by Crippen LogP contribution is -2.00. The van der Waals surface area contributed by atoms with Gasteiger partial charge in [0.1, 0.15) is 5.69 Å². The number of imidazole rings is 1. The van der Waals surface area contributed by atoms with E-state index in [-0.39, 0.29) is 0 Å². The van der Waals surface area contributed by atoms with Crippen LogP contribution in [0.1, 0.15) is 16.1 Å². The van der Waals surface area contributed by atoms with Crippen molar-refractivity contribution in [2.45, 2.75) is 6.54 Å². The second-order valence-corrected chi connectivity index (χ2v) is 4.10. The van der Waals surface area contributed by atoms with E-state index in [9.17, 15) is 4.79 Å². The smallest absolute Gasteiger partial charge is 0.171 e. The van der Waals surface area contributed by atoms with E-state index in [2.05, 4.69) is 15.3 Å². The van der Waals surface area contributed by atoms with Gasteiger partial charge in [0.25, 0.3) is 0 Å². The summed E-state index contributed by atoms with van der Waals surface area (Å²) in [6.07, 6.45) is 7.69. The maximum absolute atomic E-state index is 10.5. The second kappa shape index (κ2) is 4.85. The Morgan fingerprint density at radius 1 is 1.21 bits per heavy atom. The lowest BCUT2D eigenvalue weighted by atomic mass is 10.2. The minimum Gasteiger partial charge on any atom is -0.306 e. The molecule has 1 aromatic carbocycles. The van der Waals surface area contributed by atoms with Crippen LogP contribution in [0.15, 0.2) is 49.2 Å². The van der Waals surface area contributed by atoms with Crippen molar-refractivity contribution in [1.29, 1.82) is 0 Å². The van der Waals surface area contributed by atoms with Crippen molar-refractivity contribution in [3.63, 3.8) is 0 Å². The first-order chi connectivity index (χ1) is 9.35. The van der Waals surface area contributed by atoms with E-state index in [1.807, 2.05) is 35.0 Å². The molecular weight excluding hydrogens is 242 g/mol. The van der Waals surface area contributed by atoms with Crippen molar-refractivity contribution in [2.75, 3.05) is 0 Å². The van der Waals surface area contributed by atoms with E-state index in [1.165, 1.54) is 0 Å². The highest BCUT2D eigenvalue weighted by molar-refractivity contribution is 5.70. The van der Waals surface area contributed by atoms with Gasteiger partial charge in [0.2, 0.25) is 0 Å². The van der Waals surface area contributed by atoms with Crippen LogP contribution in [0.4, 0.5) is 0 Å². The van der Waals surface area contributed by atoms with Crippen molar-refractivity contribution in [2.24, 2.45) is 0 Å². The van der Waals surface area contributed by atoms with E-state index in [1.54, 1.807) is 23.4 Å². The molecule has 94 valence electrons. The fourth-order valence-electron chi connectivity index (χ4n) is 1.82. The Morgan fingerprint density at radius 3 is 2.68 bits per heavy atom. The van der Waals surface area contributed by atoms with Crippen molar-refractivity contribution < 1.29 is 4.79 Å². The van der Waals surface area contributed by atoms with Crippen LogP contribution in [0.3, 0.4) is 0 Å². The molecule has 0 saturated heterocycles. The van der Waals surface area contributed by atoms with Crippen LogP contribution in [-0.4, -0.2) is 30.8 Å². The van der Waals surface area contributed by atoms with Gasteiger partial charge in [-0.1, -0.05) is 17.3 Å². The van der Waals surface area contributed by atoms with Gasteiger partial charge in [-0.05, 0) is 17.7 Å². The molecule has 6 heteroatoms. The molecule has 0 radical (unpaired) electrons. The molecule has 3 rings (SSSR count). The van der Waals surface area contributed by atoms with E-state index in [0.717, 1.165) is 11.3 Å². The van der Waals surface area contributed by atoms with E-state index < -0.39 is 0 Å². The first-order valence-electron chi connectivity index (χ1n) is 5.78. The Hall–Kier alpha value is -2.76. The number of hydrogen-bond acceptors (Lipinski definition) is 4. The van der Waals surface area contributed by atoms with Crippen LogP contribution in [0, 0.1) is 0 Å². The van der Waals surface area contributed by atoms with E-state index in [0.29, 0.717) is 18.5 Å². The summed E-state index contributed by atoms with van der Waals surface area (Å²) in [6.45, 7) is 0.588. The molecule has 0 aliphatic heterocycles. The summed E-state index contributed by atoms with van der Waals surface area (Å²) >= 11 is 0. The molecule has 0 saturated carbocycles. The summed E-state index contributed by atoms with van der Waals surface area (Å²) in [5.41, 5.74) is 2.48. The average molecular weight is 253 g/mol. The molecule has 3 aromatic rings. The lowest BCUT2D eigenvalue weighted by Gasteiger charge is -2.04. The predicted molar refractivity (Wildman–Crippen MR) is 68.1 cm³/mol. The Kier molecular flexibility index (Phi) is 2.89. The van der Waals surface area contributed by atoms with Crippen molar-refractivity contribution in [3.8, 4) is 5.69 Å². The Morgan fingerprint density at radius 2 is 2.05 bits per heavy atom. The zero-order valence-electron chi connectivity index (χ0n) is 10.0. The third kappa shape index (κ3) is 2.42. The molecule has 0 aliphatic carbocycles. The summed E-state index contributed by atoms with van der Waals surface area (Å²) < 4.78 is 3.57. The quantitative estimate of drug-likeness (QED) is 0.658. The largest absolute Gasteiger partial charge is 0.306 e. The van der Waals surface area contributed by atoms with Crippen LogP contribution in [0.5, 0.6) is 0 Å². The molecule has 0 bridgehead atoms. The van der Waals surface area contributed by atoms with Crippen molar-refractivity contribution >= 4 is 6.29 Å². The highest BCUT2D eigenvalue weighted by atomic mass is 16.1. The number of aromatic nitrogens is 5. The van der Waals surface area contributed by atoms with Gasteiger partial charge in [0.15, 0.2) is 6.29 Å². The van der Waals surface area contributed by atoms with Gasteiger partial charge in [0, 0.05) is 18.1 Å². The minimum atomic E-state index is 0.343. The normalized spacial score (nSPS) is 10.5. The van der Waals surface area contributed by atoms with Gasteiger partial charge in [0.05, 0.1) is 19.1 Å². The third-order valence-electron chi connectivity index (χ3n) is 2.76. The Labute approximate surface area is 109 Å². The maximum Gasteiger partial charge on any atom is 0.171 e. The number of aldehydes is 1. The summed E-state index contributed by atoms with van der Waals surface area (Å²) in [7, 11) is 0. The van der Waals surface area contributed by atoms with Crippen LogP contribution < -0.4 is 0 Å².